The molecule has 0 radical (unpaired) electrons. The van der Waals surface area contributed by atoms with Crippen molar-refractivity contribution in [3.05, 3.63) is 34.6 Å². The Morgan fingerprint density at radius 1 is 1.44 bits per heavy atom. The van der Waals surface area contributed by atoms with Gasteiger partial charge in [0, 0.05) is 11.1 Å². The van der Waals surface area contributed by atoms with Gasteiger partial charge in [-0.05, 0) is 55.3 Å². The lowest BCUT2D eigenvalue weighted by atomic mass is 9.92. The highest BCUT2D eigenvalue weighted by atomic mass is 35.5. The summed E-state index contributed by atoms with van der Waals surface area (Å²) in [7, 11) is 0. The minimum absolute atomic E-state index is 0.264. The van der Waals surface area contributed by atoms with E-state index >= 15 is 0 Å². The van der Waals surface area contributed by atoms with Crippen molar-refractivity contribution < 1.29 is 4.39 Å². The molecule has 0 bridgehead atoms. The number of hydrogen-bond acceptors (Lipinski definition) is 1. The third-order valence-electron chi connectivity index (χ3n) is 3.96. The van der Waals surface area contributed by atoms with Crippen LogP contribution in [0.25, 0.3) is 0 Å². The van der Waals surface area contributed by atoms with Crippen molar-refractivity contribution in [3.63, 3.8) is 0 Å². The Labute approximate surface area is 114 Å². The summed E-state index contributed by atoms with van der Waals surface area (Å²) in [5.41, 5.74) is 1.44. The van der Waals surface area contributed by atoms with Gasteiger partial charge in [0.25, 0.3) is 0 Å². The predicted octanol–water partition coefficient (Wildman–Crippen LogP) is 4.19. The second-order valence-corrected chi connectivity index (χ2v) is 6.01. The molecular formula is C15H21ClFN. The average Bonchev–Trinajstić information content (AvgIpc) is 3.06. The van der Waals surface area contributed by atoms with Gasteiger partial charge in [0.1, 0.15) is 5.82 Å². The Bertz CT molecular complexity index is 415. The molecule has 1 atom stereocenters. The standard InChI is InChI=1S/C15H21ClFN/c1-3-8-18-14(15(2)6-7-15)9-11-4-5-12(17)10-13(11)16/h4-5,10,14,18H,3,6-9H2,1-2H3. The summed E-state index contributed by atoms with van der Waals surface area (Å²) >= 11 is 6.11. The van der Waals surface area contributed by atoms with Crippen LogP contribution in [-0.2, 0) is 6.42 Å². The Balaban J connectivity index is 2.08. The third kappa shape index (κ3) is 3.24. The number of nitrogens with one attached hydrogen (secondary N) is 1. The van der Waals surface area contributed by atoms with Gasteiger partial charge in [0.2, 0.25) is 0 Å². The fraction of sp³-hybridized carbons (Fsp3) is 0.600. The quantitative estimate of drug-likeness (QED) is 0.817. The first-order chi connectivity index (χ1) is 8.55. The van der Waals surface area contributed by atoms with E-state index in [-0.39, 0.29) is 5.82 Å². The van der Waals surface area contributed by atoms with Gasteiger partial charge in [-0.1, -0.05) is 31.5 Å². The molecule has 0 aliphatic heterocycles. The summed E-state index contributed by atoms with van der Waals surface area (Å²) in [6, 6.07) is 5.15. The normalized spacial score (nSPS) is 18.7. The number of rotatable bonds is 6. The van der Waals surface area contributed by atoms with Crippen LogP contribution in [0.1, 0.15) is 38.7 Å². The van der Waals surface area contributed by atoms with Crippen molar-refractivity contribution in [2.45, 2.75) is 45.6 Å². The van der Waals surface area contributed by atoms with Gasteiger partial charge in [0.15, 0.2) is 0 Å². The van der Waals surface area contributed by atoms with Gasteiger partial charge < -0.3 is 5.32 Å². The van der Waals surface area contributed by atoms with Crippen LogP contribution in [0.15, 0.2) is 18.2 Å². The minimum atomic E-state index is -0.264. The van der Waals surface area contributed by atoms with E-state index in [1.165, 1.54) is 25.0 Å². The van der Waals surface area contributed by atoms with E-state index in [2.05, 4.69) is 19.2 Å². The molecule has 1 fully saturated rings. The smallest absolute Gasteiger partial charge is 0.124 e. The maximum atomic E-state index is 13.0. The highest BCUT2D eigenvalue weighted by molar-refractivity contribution is 6.31. The van der Waals surface area contributed by atoms with Crippen molar-refractivity contribution in [2.24, 2.45) is 5.41 Å². The first-order valence-electron chi connectivity index (χ1n) is 6.72. The molecule has 0 saturated heterocycles. The van der Waals surface area contributed by atoms with Crippen molar-refractivity contribution in [1.82, 2.24) is 5.32 Å². The zero-order chi connectivity index (χ0) is 13.2. The lowest BCUT2D eigenvalue weighted by molar-refractivity contribution is 0.354. The summed E-state index contributed by atoms with van der Waals surface area (Å²) in [6.07, 6.45) is 4.56. The molecule has 1 aliphatic rings. The molecule has 0 spiro atoms. The molecule has 0 amide bonds. The summed E-state index contributed by atoms with van der Waals surface area (Å²) in [4.78, 5) is 0. The average molecular weight is 270 g/mol. The lowest BCUT2D eigenvalue weighted by Gasteiger charge is -2.25. The molecule has 3 heteroatoms. The van der Waals surface area contributed by atoms with E-state index < -0.39 is 0 Å². The third-order valence-corrected chi connectivity index (χ3v) is 4.31. The highest BCUT2D eigenvalue weighted by Crippen LogP contribution is 2.49. The fourth-order valence-corrected chi connectivity index (χ4v) is 2.58. The summed E-state index contributed by atoms with van der Waals surface area (Å²) in [6.45, 7) is 5.51. The van der Waals surface area contributed by atoms with Crippen molar-refractivity contribution in [3.8, 4) is 0 Å². The number of halogens is 2. The van der Waals surface area contributed by atoms with Gasteiger partial charge in [0.05, 0.1) is 0 Å². The molecule has 18 heavy (non-hydrogen) atoms. The molecule has 1 N–H and O–H groups in total. The molecule has 2 rings (SSSR count). The Morgan fingerprint density at radius 3 is 2.72 bits per heavy atom. The molecule has 1 aromatic rings. The van der Waals surface area contributed by atoms with Crippen LogP contribution >= 0.6 is 11.6 Å². The Morgan fingerprint density at radius 2 is 2.17 bits per heavy atom. The lowest BCUT2D eigenvalue weighted by Crippen LogP contribution is -2.38. The summed E-state index contributed by atoms with van der Waals surface area (Å²) < 4.78 is 13.0. The first-order valence-corrected chi connectivity index (χ1v) is 7.10. The van der Waals surface area contributed by atoms with Crippen LogP contribution in [0, 0.1) is 11.2 Å². The molecule has 1 aliphatic carbocycles. The van der Waals surface area contributed by atoms with Crippen LogP contribution in [0.4, 0.5) is 4.39 Å². The summed E-state index contributed by atoms with van der Waals surface area (Å²) in [5.74, 6) is -0.264. The van der Waals surface area contributed by atoms with Crippen LogP contribution in [0.3, 0.4) is 0 Å². The van der Waals surface area contributed by atoms with Gasteiger partial charge in [-0.2, -0.15) is 0 Å². The molecule has 100 valence electrons. The predicted molar refractivity (Wildman–Crippen MR) is 74.5 cm³/mol. The Kier molecular flexibility index (Phi) is 4.29. The zero-order valence-corrected chi connectivity index (χ0v) is 11.9. The van der Waals surface area contributed by atoms with Crippen molar-refractivity contribution in [2.75, 3.05) is 6.54 Å². The molecule has 0 aromatic heterocycles. The number of hydrogen-bond donors (Lipinski definition) is 1. The molecular weight excluding hydrogens is 249 g/mol. The van der Waals surface area contributed by atoms with E-state index in [9.17, 15) is 4.39 Å². The topological polar surface area (TPSA) is 12.0 Å². The monoisotopic (exact) mass is 269 g/mol. The van der Waals surface area contributed by atoms with Gasteiger partial charge in [-0.3, -0.25) is 0 Å². The molecule has 1 unspecified atom stereocenters. The van der Waals surface area contributed by atoms with E-state index in [0.717, 1.165) is 24.9 Å². The first kappa shape index (κ1) is 13.8. The van der Waals surface area contributed by atoms with Gasteiger partial charge in [-0.15, -0.1) is 0 Å². The molecule has 1 aromatic carbocycles. The Hall–Kier alpha value is -0.600. The molecule has 1 saturated carbocycles. The maximum absolute atomic E-state index is 13.0. The van der Waals surface area contributed by atoms with E-state index in [1.54, 1.807) is 0 Å². The highest BCUT2D eigenvalue weighted by Gasteiger charge is 2.44. The largest absolute Gasteiger partial charge is 0.313 e. The zero-order valence-electron chi connectivity index (χ0n) is 11.1. The van der Waals surface area contributed by atoms with Crippen LogP contribution in [0.5, 0.6) is 0 Å². The van der Waals surface area contributed by atoms with Crippen LogP contribution < -0.4 is 5.32 Å². The maximum Gasteiger partial charge on any atom is 0.124 e. The van der Waals surface area contributed by atoms with Crippen LogP contribution in [-0.4, -0.2) is 12.6 Å². The van der Waals surface area contributed by atoms with E-state index in [0.29, 0.717) is 16.5 Å². The fourth-order valence-electron chi connectivity index (χ4n) is 2.34. The van der Waals surface area contributed by atoms with Crippen molar-refractivity contribution in [1.29, 1.82) is 0 Å². The second-order valence-electron chi connectivity index (χ2n) is 5.60. The number of benzene rings is 1. The van der Waals surface area contributed by atoms with E-state index in [1.807, 2.05) is 6.07 Å². The molecule has 1 nitrogen and oxygen atoms in total. The van der Waals surface area contributed by atoms with Gasteiger partial charge >= 0.3 is 0 Å². The van der Waals surface area contributed by atoms with Crippen molar-refractivity contribution >= 4 is 11.6 Å². The van der Waals surface area contributed by atoms with E-state index in [4.69, 9.17) is 11.6 Å². The molecule has 0 heterocycles. The van der Waals surface area contributed by atoms with Gasteiger partial charge in [-0.25, -0.2) is 4.39 Å². The summed E-state index contributed by atoms with van der Waals surface area (Å²) in [5, 5.41) is 4.15. The SMILES string of the molecule is CCCNC(Cc1ccc(F)cc1Cl)C1(C)CC1. The second kappa shape index (κ2) is 5.58. The van der Waals surface area contributed by atoms with Crippen LogP contribution in [0.2, 0.25) is 5.02 Å². The minimum Gasteiger partial charge on any atom is -0.313 e.